The van der Waals surface area contributed by atoms with Crippen molar-refractivity contribution in [2.24, 2.45) is 0 Å². The highest BCUT2D eigenvalue weighted by atomic mass is 16.6. The highest BCUT2D eigenvalue weighted by Crippen LogP contribution is 2.16. The van der Waals surface area contributed by atoms with Gasteiger partial charge in [-0.2, -0.15) is 0 Å². The van der Waals surface area contributed by atoms with Crippen LogP contribution in [0.1, 0.15) is 37.9 Å². The van der Waals surface area contributed by atoms with Crippen LogP contribution in [0.4, 0.5) is 11.4 Å². The summed E-state index contributed by atoms with van der Waals surface area (Å²) in [4.78, 5) is 22.0. The van der Waals surface area contributed by atoms with Crippen LogP contribution in [-0.4, -0.2) is 30.5 Å². The first-order valence-corrected chi connectivity index (χ1v) is 9.48. The molecule has 7 nitrogen and oxygen atoms in total. The Morgan fingerprint density at radius 2 is 1.79 bits per heavy atom. The summed E-state index contributed by atoms with van der Waals surface area (Å²) in [6.45, 7) is 3.84. The second-order valence-corrected chi connectivity index (χ2v) is 6.46. The number of non-ortho nitro benzene ring substituents is 1. The standard InChI is InChI=1S/C21H27N3O4/c1-17(18-7-3-2-4-8-18)28-16-6-15-23-21(25)9-5-14-22-19-10-12-20(13-11-19)24(26)27/h2-4,7-8,10-13,17,22H,5-6,9,14-16H2,1H3,(H,23,25). The van der Waals surface area contributed by atoms with Gasteiger partial charge in [0.15, 0.2) is 0 Å². The zero-order valence-electron chi connectivity index (χ0n) is 16.1. The van der Waals surface area contributed by atoms with Crippen molar-refractivity contribution in [2.45, 2.75) is 32.3 Å². The highest BCUT2D eigenvalue weighted by molar-refractivity contribution is 5.75. The molecule has 1 amide bonds. The maximum atomic E-state index is 11.8. The normalized spacial score (nSPS) is 11.6. The van der Waals surface area contributed by atoms with E-state index in [4.69, 9.17) is 4.74 Å². The van der Waals surface area contributed by atoms with Crippen molar-refractivity contribution in [2.75, 3.05) is 25.0 Å². The van der Waals surface area contributed by atoms with E-state index in [1.54, 1.807) is 12.1 Å². The number of benzene rings is 2. The number of nitrogens with zero attached hydrogens (tertiary/aromatic N) is 1. The van der Waals surface area contributed by atoms with Crippen molar-refractivity contribution in [1.82, 2.24) is 5.32 Å². The topological polar surface area (TPSA) is 93.5 Å². The molecular weight excluding hydrogens is 358 g/mol. The third kappa shape index (κ3) is 7.75. The number of carbonyl (C=O) groups excluding carboxylic acids is 1. The van der Waals surface area contributed by atoms with E-state index in [9.17, 15) is 14.9 Å². The maximum Gasteiger partial charge on any atom is 0.269 e. The van der Waals surface area contributed by atoms with Crippen LogP contribution in [0.3, 0.4) is 0 Å². The lowest BCUT2D eigenvalue weighted by molar-refractivity contribution is -0.384. The molecule has 150 valence electrons. The van der Waals surface area contributed by atoms with E-state index in [-0.39, 0.29) is 17.7 Å². The van der Waals surface area contributed by atoms with Crippen molar-refractivity contribution in [1.29, 1.82) is 0 Å². The Bertz CT molecular complexity index is 735. The van der Waals surface area contributed by atoms with Crippen molar-refractivity contribution >= 4 is 17.3 Å². The number of carbonyl (C=O) groups is 1. The zero-order valence-corrected chi connectivity index (χ0v) is 16.1. The molecule has 0 aliphatic rings. The number of nitro benzene ring substituents is 1. The number of amides is 1. The highest BCUT2D eigenvalue weighted by Gasteiger charge is 2.06. The fraction of sp³-hybridized carbons (Fsp3) is 0.381. The second-order valence-electron chi connectivity index (χ2n) is 6.46. The molecule has 0 aliphatic heterocycles. The van der Waals surface area contributed by atoms with Gasteiger partial charge in [-0.25, -0.2) is 0 Å². The lowest BCUT2D eigenvalue weighted by Crippen LogP contribution is -2.25. The average molecular weight is 385 g/mol. The summed E-state index contributed by atoms with van der Waals surface area (Å²) in [6, 6.07) is 16.3. The van der Waals surface area contributed by atoms with Crippen LogP contribution in [0.25, 0.3) is 0 Å². The minimum atomic E-state index is -0.429. The number of ether oxygens (including phenoxy) is 1. The van der Waals surface area contributed by atoms with Gasteiger partial charge in [0.05, 0.1) is 11.0 Å². The summed E-state index contributed by atoms with van der Waals surface area (Å²) in [5, 5.41) is 16.6. The molecule has 2 N–H and O–H groups in total. The molecule has 0 bridgehead atoms. The summed E-state index contributed by atoms with van der Waals surface area (Å²) >= 11 is 0. The van der Waals surface area contributed by atoms with E-state index in [0.29, 0.717) is 32.5 Å². The van der Waals surface area contributed by atoms with Crippen LogP contribution in [0.2, 0.25) is 0 Å². The number of anilines is 1. The van der Waals surface area contributed by atoms with E-state index in [0.717, 1.165) is 17.7 Å². The first-order valence-electron chi connectivity index (χ1n) is 9.48. The molecule has 0 aromatic heterocycles. The molecule has 0 spiro atoms. The van der Waals surface area contributed by atoms with Gasteiger partial charge >= 0.3 is 0 Å². The van der Waals surface area contributed by atoms with Crippen LogP contribution in [0.15, 0.2) is 54.6 Å². The largest absolute Gasteiger partial charge is 0.385 e. The predicted octanol–water partition coefficient (Wildman–Crippen LogP) is 4.07. The predicted molar refractivity (Wildman–Crippen MR) is 109 cm³/mol. The third-order valence-corrected chi connectivity index (χ3v) is 4.27. The first-order chi connectivity index (χ1) is 13.6. The molecule has 0 aliphatic carbocycles. The molecule has 1 atom stereocenters. The number of hydrogen-bond donors (Lipinski definition) is 2. The first kappa shape index (κ1) is 21.4. The van der Waals surface area contributed by atoms with E-state index < -0.39 is 4.92 Å². The van der Waals surface area contributed by atoms with Gasteiger partial charge in [-0.05, 0) is 37.5 Å². The minimum absolute atomic E-state index is 0.0154. The van der Waals surface area contributed by atoms with E-state index in [2.05, 4.69) is 10.6 Å². The molecule has 28 heavy (non-hydrogen) atoms. The molecule has 2 aromatic carbocycles. The molecule has 0 saturated heterocycles. The van der Waals surface area contributed by atoms with Crippen LogP contribution in [-0.2, 0) is 9.53 Å². The summed E-state index contributed by atoms with van der Waals surface area (Å²) in [6.07, 6.45) is 1.93. The molecule has 0 heterocycles. The van der Waals surface area contributed by atoms with Crippen molar-refractivity contribution in [3.05, 3.63) is 70.3 Å². The summed E-state index contributed by atoms with van der Waals surface area (Å²) in [5.41, 5.74) is 2.01. The van der Waals surface area contributed by atoms with Crippen molar-refractivity contribution in [3.8, 4) is 0 Å². The summed E-state index contributed by atoms with van der Waals surface area (Å²) < 4.78 is 5.78. The van der Waals surface area contributed by atoms with Crippen molar-refractivity contribution in [3.63, 3.8) is 0 Å². The fourth-order valence-electron chi connectivity index (χ4n) is 2.65. The van der Waals surface area contributed by atoms with Gasteiger partial charge in [-0.3, -0.25) is 14.9 Å². The lowest BCUT2D eigenvalue weighted by Gasteiger charge is -2.13. The van der Waals surface area contributed by atoms with E-state index in [1.165, 1.54) is 12.1 Å². The molecular formula is C21H27N3O4. The lowest BCUT2D eigenvalue weighted by atomic mass is 10.1. The molecule has 0 radical (unpaired) electrons. The Balaban J connectivity index is 1.50. The Labute approximate surface area is 165 Å². The van der Waals surface area contributed by atoms with Crippen LogP contribution in [0.5, 0.6) is 0 Å². The number of nitrogens with one attached hydrogen (secondary N) is 2. The van der Waals surface area contributed by atoms with Crippen molar-refractivity contribution < 1.29 is 14.5 Å². The Kier molecular flexibility index (Phi) is 8.94. The maximum absolute atomic E-state index is 11.8. The van der Waals surface area contributed by atoms with Gasteiger partial charge in [-0.1, -0.05) is 30.3 Å². The monoisotopic (exact) mass is 385 g/mol. The molecule has 0 fully saturated rings. The number of nitro groups is 1. The number of rotatable bonds is 12. The van der Waals surface area contributed by atoms with E-state index >= 15 is 0 Å². The minimum Gasteiger partial charge on any atom is -0.385 e. The van der Waals surface area contributed by atoms with Gasteiger partial charge < -0.3 is 15.4 Å². The smallest absolute Gasteiger partial charge is 0.269 e. The third-order valence-electron chi connectivity index (χ3n) is 4.27. The van der Waals surface area contributed by atoms with Crippen LogP contribution < -0.4 is 10.6 Å². The molecule has 0 saturated carbocycles. The van der Waals surface area contributed by atoms with E-state index in [1.807, 2.05) is 37.3 Å². The molecule has 2 aromatic rings. The summed E-state index contributed by atoms with van der Waals surface area (Å²) in [7, 11) is 0. The van der Waals surface area contributed by atoms with Gasteiger partial charge in [0, 0.05) is 43.9 Å². The Hall–Kier alpha value is -2.93. The summed E-state index contributed by atoms with van der Waals surface area (Å²) in [5.74, 6) is 0.0154. The fourth-order valence-corrected chi connectivity index (χ4v) is 2.65. The SMILES string of the molecule is CC(OCCCNC(=O)CCCNc1ccc([N+](=O)[O-])cc1)c1ccccc1. The second kappa shape index (κ2) is 11.7. The van der Waals surface area contributed by atoms with Gasteiger partial charge in [0.2, 0.25) is 5.91 Å². The van der Waals surface area contributed by atoms with Gasteiger partial charge in [-0.15, -0.1) is 0 Å². The van der Waals surface area contributed by atoms with Crippen LogP contribution >= 0.6 is 0 Å². The average Bonchev–Trinajstić information content (AvgIpc) is 2.71. The van der Waals surface area contributed by atoms with Gasteiger partial charge in [0.25, 0.3) is 5.69 Å². The number of hydrogen-bond acceptors (Lipinski definition) is 5. The molecule has 7 heteroatoms. The zero-order chi connectivity index (χ0) is 20.2. The van der Waals surface area contributed by atoms with Gasteiger partial charge in [0.1, 0.15) is 0 Å². The molecule has 2 rings (SSSR count). The Morgan fingerprint density at radius 3 is 2.46 bits per heavy atom. The molecule has 1 unspecified atom stereocenters. The quantitative estimate of drug-likeness (QED) is 0.326. The Morgan fingerprint density at radius 1 is 1.07 bits per heavy atom. The van der Waals surface area contributed by atoms with Crippen LogP contribution in [0, 0.1) is 10.1 Å².